The molecule has 0 atom stereocenters. The maximum absolute atomic E-state index is 11.3. The number of methoxy groups -OCH3 is 2. The molecule has 6 heteroatoms. The van der Waals surface area contributed by atoms with Crippen molar-refractivity contribution in [3.63, 3.8) is 0 Å². The molecule has 0 saturated heterocycles. The van der Waals surface area contributed by atoms with E-state index in [0.29, 0.717) is 38.6 Å². The van der Waals surface area contributed by atoms with Crippen LogP contribution in [0.4, 0.5) is 0 Å². The lowest BCUT2D eigenvalue weighted by Gasteiger charge is -2.19. The third kappa shape index (κ3) is 4.54. The van der Waals surface area contributed by atoms with Gasteiger partial charge in [0.2, 0.25) is 5.89 Å². The first kappa shape index (κ1) is 15.5. The van der Waals surface area contributed by atoms with Crippen LogP contribution in [0.25, 0.3) is 11.1 Å². The van der Waals surface area contributed by atoms with E-state index in [0.717, 1.165) is 11.1 Å². The van der Waals surface area contributed by atoms with Gasteiger partial charge in [0.1, 0.15) is 5.52 Å². The van der Waals surface area contributed by atoms with Crippen molar-refractivity contribution in [2.75, 3.05) is 33.9 Å². The average Bonchev–Trinajstić information content (AvgIpc) is 2.91. The fourth-order valence-electron chi connectivity index (χ4n) is 2.02. The number of rotatable bonds is 8. The molecule has 6 nitrogen and oxygen atoms in total. The molecule has 0 fully saturated rings. The van der Waals surface area contributed by atoms with Crippen LogP contribution in [0, 0.1) is 0 Å². The molecule has 1 heterocycles. The number of benzene rings is 1. The molecule has 1 aromatic carbocycles. The molecular weight excluding hydrogens is 272 g/mol. The monoisotopic (exact) mass is 292 g/mol. The Labute approximate surface area is 123 Å². The third-order valence-electron chi connectivity index (χ3n) is 3.17. The van der Waals surface area contributed by atoms with Crippen molar-refractivity contribution >= 4 is 17.1 Å². The van der Waals surface area contributed by atoms with Crippen molar-refractivity contribution in [3.8, 4) is 0 Å². The number of esters is 1. The zero-order valence-corrected chi connectivity index (χ0v) is 12.4. The molecule has 1 aromatic heterocycles. The van der Waals surface area contributed by atoms with E-state index >= 15 is 0 Å². The van der Waals surface area contributed by atoms with E-state index in [2.05, 4.69) is 14.6 Å². The lowest BCUT2D eigenvalue weighted by molar-refractivity contribution is -0.141. The minimum atomic E-state index is -0.227. The molecule has 2 rings (SSSR count). The van der Waals surface area contributed by atoms with Crippen molar-refractivity contribution in [2.24, 2.45) is 0 Å². The smallest absolute Gasteiger partial charge is 0.306 e. The highest BCUT2D eigenvalue weighted by atomic mass is 16.5. The van der Waals surface area contributed by atoms with Gasteiger partial charge in [0, 0.05) is 20.2 Å². The Morgan fingerprint density at radius 1 is 1.29 bits per heavy atom. The van der Waals surface area contributed by atoms with Crippen LogP contribution in [0.1, 0.15) is 12.3 Å². The predicted octanol–water partition coefficient (Wildman–Crippen LogP) is 1.84. The summed E-state index contributed by atoms with van der Waals surface area (Å²) < 4.78 is 15.5. The number of carbonyl (C=O) groups is 1. The second kappa shape index (κ2) is 7.75. The van der Waals surface area contributed by atoms with E-state index in [9.17, 15) is 4.79 Å². The first-order valence-corrected chi connectivity index (χ1v) is 6.85. The summed E-state index contributed by atoms with van der Waals surface area (Å²) in [6.07, 6.45) is 0.334. The number of oxazole rings is 1. The zero-order chi connectivity index (χ0) is 15.1. The maximum Gasteiger partial charge on any atom is 0.306 e. The molecule has 0 aliphatic heterocycles. The normalized spacial score (nSPS) is 11.2. The van der Waals surface area contributed by atoms with Gasteiger partial charge >= 0.3 is 5.97 Å². The Morgan fingerprint density at radius 2 is 2.10 bits per heavy atom. The SMILES string of the molecule is COCCN(CCC(=O)OC)Cc1nc2ccccc2o1. The maximum atomic E-state index is 11.3. The second-order valence-corrected chi connectivity index (χ2v) is 4.67. The zero-order valence-electron chi connectivity index (χ0n) is 12.4. The van der Waals surface area contributed by atoms with Gasteiger partial charge < -0.3 is 13.9 Å². The molecule has 114 valence electrons. The van der Waals surface area contributed by atoms with Crippen molar-refractivity contribution in [2.45, 2.75) is 13.0 Å². The summed E-state index contributed by atoms with van der Waals surface area (Å²) in [5.74, 6) is 0.409. The summed E-state index contributed by atoms with van der Waals surface area (Å²) >= 11 is 0. The molecule has 2 aromatic rings. The minimum Gasteiger partial charge on any atom is -0.469 e. The van der Waals surface area contributed by atoms with Gasteiger partial charge in [-0.25, -0.2) is 4.98 Å². The first-order chi connectivity index (χ1) is 10.2. The molecule has 0 saturated carbocycles. The van der Waals surface area contributed by atoms with E-state index in [-0.39, 0.29) is 5.97 Å². The van der Waals surface area contributed by atoms with Crippen molar-refractivity contribution < 1.29 is 18.7 Å². The predicted molar refractivity (Wildman–Crippen MR) is 77.8 cm³/mol. The van der Waals surface area contributed by atoms with Gasteiger partial charge in [-0.1, -0.05) is 12.1 Å². The van der Waals surface area contributed by atoms with Crippen molar-refractivity contribution in [1.82, 2.24) is 9.88 Å². The molecule has 0 amide bonds. The number of hydrogen-bond acceptors (Lipinski definition) is 6. The number of ether oxygens (including phenoxy) is 2. The molecule has 0 radical (unpaired) electrons. The van der Waals surface area contributed by atoms with Crippen LogP contribution in [0.5, 0.6) is 0 Å². The highest BCUT2D eigenvalue weighted by Gasteiger charge is 2.13. The largest absolute Gasteiger partial charge is 0.469 e. The van der Waals surface area contributed by atoms with Gasteiger partial charge in [-0.15, -0.1) is 0 Å². The Balaban J connectivity index is 2.00. The topological polar surface area (TPSA) is 64.8 Å². The molecule has 0 N–H and O–H groups in total. The number of hydrogen-bond donors (Lipinski definition) is 0. The second-order valence-electron chi connectivity index (χ2n) is 4.67. The molecule has 0 bridgehead atoms. The lowest BCUT2D eigenvalue weighted by atomic mass is 10.3. The Kier molecular flexibility index (Phi) is 5.71. The molecule has 0 aliphatic rings. The summed E-state index contributed by atoms with van der Waals surface area (Å²) in [4.78, 5) is 17.8. The van der Waals surface area contributed by atoms with E-state index in [1.54, 1.807) is 7.11 Å². The summed E-state index contributed by atoms with van der Waals surface area (Å²) in [7, 11) is 3.04. The van der Waals surface area contributed by atoms with Crippen LogP contribution in [0.3, 0.4) is 0 Å². The summed E-state index contributed by atoms with van der Waals surface area (Å²) in [6, 6.07) is 7.64. The summed E-state index contributed by atoms with van der Waals surface area (Å²) in [5.41, 5.74) is 1.61. The van der Waals surface area contributed by atoms with E-state index in [4.69, 9.17) is 9.15 Å². The highest BCUT2D eigenvalue weighted by molar-refractivity contribution is 5.72. The van der Waals surface area contributed by atoms with Crippen LogP contribution >= 0.6 is 0 Å². The lowest BCUT2D eigenvalue weighted by Crippen LogP contribution is -2.29. The quantitative estimate of drug-likeness (QED) is 0.692. The van der Waals surface area contributed by atoms with Crippen molar-refractivity contribution in [1.29, 1.82) is 0 Å². The van der Waals surface area contributed by atoms with Gasteiger partial charge in [-0.3, -0.25) is 9.69 Å². The van der Waals surface area contributed by atoms with Crippen LogP contribution in [-0.2, 0) is 20.8 Å². The van der Waals surface area contributed by atoms with Gasteiger partial charge in [0.05, 0.1) is 26.7 Å². The van der Waals surface area contributed by atoms with Gasteiger partial charge in [0.15, 0.2) is 5.58 Å². The Hall–Kier alpha value is -1.92. The van der Waals surface area contributed by atoms with Crippen molar-refractivity contribution in [3.05, 3.63) is 30.2 Å². The fourth-order valence-corrected chi connectivity index (χ4v) is 2.02. The van der Waals surface area contributed by atoms with Crippen LogP contribution in [0.2, 0.25) is 0 Å². The van der Waals surface area contributed by atoms with Crippen LogP contribution < -0.4 is 0 Å². The van der Waals surface area contributed by atoms with Gasteiger partial charge in [0.25, 0.3) is 0 Å². The molecule has 0 aliphatic carbocycles. The molecule has 0 spiro atoms. The Morgan fingerprint density at radius 3 is 2.81 bits per heavy atom. The number of carbonyl (C=O) groups excluding carboxylic acids is 1. The van der Waals surface area contributed by atoms with Crippen LogP contribution in [-0.4, -0.2) is 49.8 Å². The molecule has 0 unspecified atom stereocenters. The number of para-hydroxylation sites is 2. The minimum absolute atomic E-state index is 0.227. The van der Waals surface area contributed by atoms with E-state index < -0.39 is 0 Å². The standard InChI is InChI=1S/C15H20N2O4/c1-19-10-9-17(8-7-15(18)20-2)11-14-16-12-5-3-4-6-13(12)21-14/h3-6H,7-11H2,1-2H3. The van der Waals surface area contributed by atoms with E-state index in [1.165, 1.54) is 7.11 Å². The van der Waals surface area contributed by atoms with E-state index in [1.807, 2.05) is 24.3 Å². The highest BCUT2D eigenvalue weighted by Crippen LogP contribution is 2.16. The molecular formula is C15H20N2O4. The van der Waals surface area contributed by atoms with Crippen LogP contribution in [0.15, 0.2) is 28.7 Å². The number of fused-ring (bicyclic) bond motifs is 1. The van der Waals surface area contributed by atoms with Gasteiger partial charge in [-0.2, -0.15) is 0 Å². The summed E-state index contributed by atoms with van der Waals surface area (Å²) in [5, 5.41) is 0. The summed E-state index contributed by atoms with van der Waals surface area (Å²) in [6.45, 7) is 2.40. The Bertz CT molecular complexity index is 549. The number of nitrogens with zero attached hydrogens (tertiary/aromatic N) is 2. The number of aromatic nitrogens is 1. The molecule has 21 heavy (non-hydrogen) atoms. The first-order valence-electron chi connectivity index (χ1n) is 6.85. The van der Waals surface area contributed by atoms with Gasteiger partial charge in [-0.05, 0) is 12.1 Å². The third-order valence-corrected chi connectivity index (χ3v) is 3.17. The fraction of sp³-hybridized carbons (Fsp3) is 0.467. The average molecular weight is 292 g/mol.